The molecule has 0 unspecified atom stereocenters. The third-order valence-electron chi connectivity index (χ3n) is 7.26. The lowest BCUT2D eigenvalue weighted by molar-refractivity contribution is 0.0996. The molecule has 1 fully saturated rings. The van der Waals surface area contributed by atoms with E-state index in [1.807, 2.05) is 18.5 Å². The number of hydrogen-bond acceptors (Lipinski definition) is 6. The number of carbonyl (C=O) groups excluding carboxylic acids is 1. The Bertz CT molecular complexity index is 1300. The second kappa shape index (κ2) is 10.3. The first-order valence-electron chi connectivity index (χ1n) is 12.7. The van der Waals surface area contributed by atoms with Crippen molar-refractivity contribution in [2.45, 2.75) is 31.7 Å². The first-order valence-corrected chi connectivity index (χ1v) is 13.5. The number of carbonyl (C=O) groups is 1. The van der Waals surface area contributed by atoms with Crippen molar-refractivity contribution in [2.24, 2.45) is 0 Å². The predicted molar refractivity (Wildman–Crippen MR) is 144 cm³/mol. The van der Waals surface area contributed by atoms with Gasteiger partial charge in [-0.25, -0.2) is 0 Å². The van der Waals surface area contributed by atoms with Crippen molar-refractivity contribution < 1.29 is 9.21 Å². The Morgan fingerprint density at radius 2 is 1.81 bits per heavy atom. The average Bonchev–Trinajstić information content (AvgIpc) is 3.60. The number of furan rings is 1. The second-order valence-corrected chi connectivity index (χ2v) is 10.5. The van der Waals surface area contributed by atoms with Crippen molar-refractivity contribution >= 4 is 27.9 Å². The van der Waals surface area contributed by atoms with Crippen LogP contribution in [0.4, 0.5) is 10.7 Å². The zero-order valence-corrected chi connectivity index (χ0v) is 21.0. The zero-order chi connectivity index (χ0) is 24.3. The Labute approximate surface area is 215 Å². The summed E-state index contributed by atoms with van der Waals surface area (Å²) in [5.41, 5.74) is 5.11. The number of para-hydroxylation sites is 1. The first kappa shape index (κ1) is 23.0. The van der Waals surface area contributed by atoms with Gasteiger partial charge >= 0.3 is 0 Å². The van der Waals surface area contributed by atoms with Crippen molar-refractivity contribution in [1.82, 2.24) is 9.88 Å². The van der Waals surface area contributed by atoms with Crippen molar-refractivity contribution in [1.29, 1.82) is 0 Å². The van der Waals surface area contributed by atoms with Gasteiger partial charge in [0.2, 0.25) is 0 Å². The van der Waals surface area contributed by atoms with E-state index in [2.05, 4.69) is 56.5 Å². The summed E-state index contributed by atoms with van der Waals surface area (Å²) in [4.78, 5) is 24.0. The van der Waals surface area contributed by atoms with Crippen LogP contribution in [0.15, 0.2) is 77.7 Å². The molecule has 3 aromatic heterocycles. The van der Waals surface area contributed by atoms with Gasteiger partial charge in [0.05, 0.1) is 12.3 Å². The van der Waals surface area contributed by atoms with Crippen LogP contribution >= 0.6 is 11.3 Å². The second-order valence-electron chi connectivity index (χ2n) is 9.43. The van der Waals surface area contributed by atoms with Crippen molar-refractivity contribution in [3.63, 3.8) is 0 Å². The highest BCUT2D eigenvalue weighted by Gasteiger charge is 2.34. The molecular weight excluding hydrogens is 468 g/mol. The molecule has 2 aliphatic rings. The summed E-state index contributed by atoms with van der Waals surface area (Å²) in [6.07, 6.45) is 9.87. The number of amides is 1. The van der Waals surface area contributed by atoms with Gasteiger partial charge in [0.25, 0.3) is 5.91 Å². The molecule has 0 bridgehead atoms. The van der Waals surface area contributed by atoms with Gasteiger partial charge in [0, 0.05) is 54.7 Å². The average molecular weight is 499 g/mol. The molecule has 1 amide bonds. The van der Waals surface area contributed by atoms with Crippen molar-refractivity contribution in [3.8, 4) is 0 Å². The summed E-state index contributed by atoms with van der Waals surface area (Å²) in [7, 11) is 0. The molecule has 4 heterocycles. The van der Waals surface area contributed by atoms with Crippen LogP contribution in [0, 0.1) is 0 Å². The minimum absolute atomic E-state index is 0.0432. The zero-order valence-electron chi connectivity index (χ0n) is 20.2. The normalized spacial score (nSPS) is 16.9. The summed E-state index contributed by atoms with van der Waals surface area (Å²) < 4.78 is 5.39. The van der Waals surface area contributed by atoms with Gasteiger partial charge in [-0.1, -0.05) is 24.3 Å². The van der Waals surface area contributed by atoms with Gasteiger partial charge in [0.15, 0.2) is 5.76 Å². The van der Waals surface area contributed by atoms with E-state index >= 15 is 0 Å². The predicted octanol–water partition coefficient (Wildman–Crippen LogP) is 5.78. The minimum atomic E-state index is -0.196. The fourth-order valence-electron chi connectivity index (χ4n) is 5.52. The molecule has 36 heavy (non-hydrogen) atoms. The van der Waals surface area contributed by atoms with E-state index in [-0.39, 0.29) is 11.9 Å². The van der Waals surface area contributed by atoms with E-state index in [4.69, 9.17) is 4.42 Å². The molecule has 7 heteroatoms. The lowest BCUT2D eigenvalue weighted by atomic mass is 9.89. The number of aromatic nitrogens is 1. The summed E-state index contributed by atoms with van der Waals surface area (Å²) in [6, 6.07) is 18.3. The molecule has 1 aromatic carbocycles. The summed E-state index contributed by atoms with van der Waals surface area (Å²) in [5, 5.41) is 4.17. The number of pyridine rings is 1. The smallest absolute Gasteiger partial charge is 0.291 e. The van der Waals surface area contributed by atoms with Crippen LogP contribution in [0.5, 0.6) is 0 Å². The van der Waals surface area contributed by atoms with E-state index in [0.29, 0.717) is 5.76 Å². The maximum Gasteiger partial charge on any atom is 0.291 e. The van der Waals surface area contributed by atoms with E-state index in [9.17, 15) is 4.79 Å². The number of piperazine rings is 1. The molecule has 1 N–H and O–H groups in total. The number of anilines is 2. The van der Waals surface area contributed by atoms with Gasteiger partial charge in [-0.05, 0) is 67.1 Å². The molecule has 1 atom stereocenters. The quantitative estimate of drug-likeness (QED) is 0.365. The number of benzene rings is 1. The van der Waals surface area contributed by atoms with Crippen LogP contribution in [0.25, 0.3) is 0 Å². The molecule has 0 spiro atoms. The van der Waals surface area contributed by atoms with E-state index in [0.717, 1.165) is 44.0 Å². The van der Waals surface area contributed by atoms with E-state index in [1.165, 1.54) is 40.1 Å². The molecule has 4 aromatic rings. The molecular formula is C29H30N4O2S. The number of rotatable bonds is 6. The van der Waals surface area contributed by atoms with E-state index in [1.54, 1.807) is 29.7 Å². The van der Waals surface area contributed by atoms with Crippen LogP contribution in [0.3, 0.4) is 0 Å². The molecule has 0 radical (unpaired) electrons. The Hall–Kier alpha value is -3.42. The number of aryl methyl sites for hydroxylation is 1. The van der Waals surface area contributed by atoms with Gasteiger partial charge in [-0.3, -0.25) is 14.7 Å². The molecule has 6 rings (SSSR count). The van der Waals surface area contributed by atoms with Gasteiger partial charge in [-0.2, -0.15) is 0 Å². The molecule has 1 aliphatic heterocycles. The maximum absolute atomic E-state index is 13.0. The highest BCUT2D eigenvalue weighted by molar-refractivity contribution is 7.16. The standard InChI is InChI=1S/C29H30N4O2S/c34-28(24-12-7-19-35-24)31-29-26(23-11-4-5-13-25(23)36-29)27(21-8-6-14-30-20-21)33-17-15-32(16-18-33)22-9-2-1-3-10-22/h1-3,6-10,12,14,19-20,27H,4-5,11,13,15-18H2,(H,31,34)/t27-/m1/s1. The highest BCUT2D eigenvalue weighted by Crippen LogP contribution is 2.45. The third-order valence-corrected chi connectivity index (χ3v) is 8.48. The largest absolute Gasteiger partial charge is 0.459 e. The van der Waals surface area contributed by atoms with Crippen LogP contribution in [-0.2, 0) is 12.8 Å². The Kier molecular flexibility index (Phi) is 6.57. The van der Waals surface area contributed by atoms with E-state index < -0.39 is 0 Å². The molecule has 6 nitrogen and oxygen atoms in total. The summed E-state index contributed by atoms with van der Waals surface area (Å²) in [5.74, 6) is 0.139. The Morgan fingerprint density at radius 3 is 2.56 bits per heavy atom. The molecule has 1 saturated heterocycles. The SMILES string of the molecule is O=C(Nc1sc2c(c1[C@@H](c1cccnc1)N1CCN(c3ccccc3)CC1)CCCC2)c1ccco1. The number of hydrogen-bond donors (Lipinski definition) is 1. The fourth-order valence-corrected chi connectivity index (χ4v) is 6.84. The van der Waals surface area contributed by atoms with Gasteiger partial charge in [0.1, 0.15) is 5.00 Å². The fraction of sp³-hybridized carbons (Fsp3) is 0.310. The van der Waals surface area contributed by atoms with Gasteiger partial charge < -0.3 is 14.6 Å². The van der Waals surface area contributed by atoms with Gasteiger partial charge in [-0.15, -0.1) is 11.3 Å². The van der Waals surface area contributed by atoms with Crippen LogP contribution in [-0.4, -0.2) is 42.0 Å². The molecule has 0 saturated carbocycles. The minimum Gasteiger partial charge on any atom is -0.459 e. The van der Waals surface area contributed by atoms with Crippen LogP contribution in [0.1, 0.15) is 51.0 Å². The number of nitrogens with zero attached hydrogens (tertiary/aromatic N) is 3. The number of thiophene rings is 1. The lowest BCUT2D eigenvalue weighted by Crippen LogP contribution is -2.48. The monoisotopic (exact) mass is 498 g/mol. The highest BCUT2D eigenvalue weighted by atomic mass is 32.1. The molecule has 184 valence electrons. The first-order chi connectivity index (χ1) is 17.8. The molecule has 1 aliphatic carbocycles. The van der Waals surface area contributed by atoms with Crippen molar-refractivity contribution in [2.75, 3.05) is 36.4 Å². The summed E-state index contributed by atoms with van der Waals surface area (Å²) >= 11 is 1.74. The summed E-state index contributed by atoms with van der Waals surface area (Å²) in [6.45, 7) is 3.79. The van der Waals surface area contributed by atoms with Crippen LogP contribution < -0.4 is 10.2 Å². The van der Waals surface area contributed by atoms with Crippen molar-refractivity contribution in [3.05, 3.63) is 101 Å². The number of fused-ring (bicyclic) bond motifs is 1. The lowest BCUT2D eigenvalue weighted by Gasteiger charge is -2.41. The van der Waals surface area contributed by atoms with Crippen LogP contribution in [0.2, 0.25) is 0 Å². The maximum atomic E-state index is 13.0. The number of nitrogens with one attached hydrogen (secondary N) is 1. The topological polar surface area (TPSA) is 61.6 Å². The third kappa shape index (κ3) is 4.56. The Balaban J connectivity index is 1.36. The Morgan fingerprint density at radius 1 is 0.972 bits per heavy atom.